The second kappa shape index (κ2) is 4.17. The van der Waals surface area contributed by atoms with Gasteiger partial charge >= 0.3 is 0 Å². The maximum absolute atomic E-state index is 5.35. The smallest absolute Gasteiger partial charge is 0.232 e. The average Bonchev–Trinajstić information content (AvgIpc) is 2.84. The zero-order valence-electron chi connectivity index (χ0n) is 10.6. The lowest BCUT2D eigenvalue weighted by Gasteiger charge is -2.15. The summed E-state index contributed by atoms with van der Waals surface area (Å²) >= 11 is 0. The Kier molecular flexibility index (Phi) is 3.02. The first kappa shape index (κ1) is 11.6. The van der Waals surface area contributed by atoms with Crippen molar-refractivity contribution in [1.29, 1.82) is 0 Å². The van der Waals surface area contributed by atoms with Gasteiger partial charge in [-0.2, -0.15) is 4.98 Å². The minimum absolute atomic E-state index is 0.0566. The molecule has 1 heterocycles. The molecule has 1 aromatic rings. The Morgan fingerprint density at radius 3 is 2.62 bits per heavy atom. The Bertz CT molecular complexity index is 353. The van der Waals surface area contributed by atoms with Crippen LogP contribution in [-0.2, 0) is 5.41 Å². The summed E-state index contributed by atoms with van der Waals surface area (Å²) in [5, 5.41) is 7.48. The highest BCUT2D eigenvalue weighted by Gasteiger charge is 2.32. The molecule has 1 saturated carbocycles. The van der Waals surface area contributed by atoms with E-state index in [1.807, 2.05) is 7.05 Å². The van der Waals surface area contributed by atoms with Gasteiger partial charge in [-0.3, -0.25) is 0 Å². The van der Waals surface area contributed by atoms with Gasteiger partial charge in [0.15, 0.2) is 5.82 Å². The third kappa shape index (κ3) is 2.12. The molecule has 2 atom stereocenters. The van der Waals surface area contributed by atoms with Crippen molar-refractivity contribution >= 4 is 0 Å². The molecule has 16 heavy (non-hydrogen) atoms. The van der Waals surface area contributed by atoms with E-state index in [1.54, 1.807) is 0 Å². The molecule has 4 nitrogen and oxygen atoms in total. The third-order valence-corrected chi connectivity index (χ3v) is 3.30. The summed E-state index contributed by atoms with van der Waals surface area (Å²) < 4.78 is 5.35. The quantitative estimate of drug-likeness (QED) is 0.835. The van der Waals surface area contributed by atoms with Crippen molar-refractivity contribution in [1.82, 2.24) is 15.5 Å². The van der Waals surface area contributed by atoms with Crippen molar-refractivity contribution in [3.05, 3.63) is 11.7 Å². The number of rotatable bonds is 2. The summed E-state index contributed by atoms with van der Waals surface area (Å²) in [7, 11) is 2.01. The first-order chi connectivity index (χ1) is 7.52. The van der Waals surface area contributed by atoms with Gasteiger partial charge in [-0.15, -0.1) is 0 Å². The Labute approximate surface area is 96.8 Å². The first-order valence-electron chi connectivity index (χ1n) is 6.03. The van der Waals surface area contributed by atoms with E-state index in [2.05, 4.69) is 36.2 Å². The number of aromatic nitrogens is 2. The largest absolute Gasteiger partial charge is 0.339 e. The monoisotopic (exact) mass is 223 g/mol. The van der Waals surface area contributed by atoms with Crippen LogP contribution < -0.4 is 5.32 Å². The van der Waals surface area contributed by atoms with Crippen molar-refractivity contribution in [3.8, 4) is 0 Å². The number of nitrogens with one attached hydrogen (secondary N) is 1. The molecule has 2 rings (SSSR count). The van der Waals surface area contributed by atoms with Gasteiger partial charge in [0.1, 0.15) is 0 Å². The van der Waals surface area contributed by atoms with Gasteiger partial charge in [0.25, 0.3) is 0 Å². The van der Waals surface area contributed by atoms with Crippen LogP contribution in [0.1, 0.15) is 57.7 Å². The molecule has 90 valence electrons. The molecule has 0 bridgehead atoms. The summed E-state index contributed by atoms with van der Waals surface area (Å²) in [5.74, 6) is 2.04. The lowest BCUT2D eigenvalue weighted by atomic mass is 9.97. The second-order valence-corrected chi connectivity index (χ2v) is 5.64. The lowest BCUT2D eigenvalue weighted by molar-refractivity contribution is 0.315. The molecular formula is C12H21N3O. The normalized spacial score (nSPS) is 26.2. The predicted octanol–water partition coefficient (Wildman–Crippen LogP) is 2.22. The molecule has 0 spiro atoms. The molecule has 0 amide bonds. The minimum Gasteiger partial charge on any atom is -0.339 e. The number of nitrogens with zero attached hydrogens (tertiary/aromatic N) is 2. The molecule has 1 aromatic heterocycles. The van der Waals surface area contributed by atoms with E-state index in [1.165, 1.54) is 12.8 Å². The Morgan fingerprint density at radius 1 is 1.31 bits per heavy atom. The van der Waals surface area contributed by atoms with Gasteiger partial charge in [-0.25, -0.2) is 0 Å². The highest BCUT2D eigenvalue weighted by Crippen LogP contribution is 2.33. The Hall–Kier alpha value is -0.900. The molecule has 4 heteroatoms. The van der Waals surface area contributed by atoms with Crippen LogP contribution in [0.4, 0.5) is 0 Å². The van der Waals surface area contributed by atoms with E-state index < -0.39 is 0 Å². The standard InChI is InChI=1S/C12H21N3O/c1-12(2,3)11-14-10(15-16-11)8-6-5-7-9(8)13-4/h8-9,13H,5-7H2,1-4H3. The van der Waals surface area contributed by atoms with Crippen LogP contribution in [0.2, 0.25) is 0 Å². The van der Waals surface area contributed by atoms with E-state index in [0.29, 0.717) is 12.0 Å². The van der Waals surface area contributed by atoms with Gasteiger partial charge in [0.05, 0.1) is 0 Å². The van der Waals surface area contributed by atoms with E-state index in [-0.39, 0.29) is 5.41 Å². The second-order valence-electron chi connectivity index (χ2n) is 5.64. The molecule has 0 saturated heterocycles. The SMILES string of the molecule is CNC1CCCC1c1noc(C(C)(C)C)n1. The first-order valence-corrected chi connectivity index (χ1v) is 6.03. The van der Waals surface area contributed by atoms with Crippen LogP contribution in [0.15, 0.2) is 4.52 Å². The van der Waals surface area contributed by atoms with Crippen molar-refractivity contribution in [2.75, 3.05) is 7.05 Å². The molecule has 2 unspecified atom stereocenters. The summed E-state index contributed by atoms with van der Waals surface area (Å²) in [6, 6.07) is 0.505. The van der Waals surface area contributed by atoms with Crippen molar-refractivity contribution in [2.24, 2.45) is 0 Å². The van der Waals surface area contributed by atoms with Gasteiger partial charge < -0.3 is 9.84 Å². The Balaban J connectivity index is 2.18. The zero-order chi connectivity index (χ0) is 11.8. The molecule has 1 fully saturated rings. The number of hydrogen-bond donors (Lipinski definition) is 1. The summed E-state index contributed by atoms with van der Waals surface area (Å²) in [6.07, 6.45) is 3.62. The number of hydrogen-bond acceptors (Lipinski definition) is 4. The van der Waals surface area contributed by atoms with Gasteiger partial charge in [-0.05, 0) is 19.9 Å². The van der Waals surface area contributed by atoms with Crippen LogP contribution >= 0.6 is 0 Å². The Morgan fingerprint density at radius 2 is 2.06 bits per heavy atom. The van der Waals surface area contributed by atoms with E-state index >= 15 is 0 Å². The van der Waals surface area contributed by atoms with Crippen molar-refractivity contribution in [3.63, 3.8) is 0 Å². The molecule has 1 N–H and O–H groups in total. The fourth-order valence-corrected chi connectivity index (χ4v) is 2.30. The lowest BCUT2D eigenvalue weighted by Crippen LogP contribution is -2.28. The molecular weight excluding hydrogens is 202 g/mol. The van der Waals surface area contributed by atoms with Gasteiger partial charge in [0, 0.05) is 17.4 Å². The minimum atomic E-state index is -0.0566. The van der Waals surface area contributed by atoms with Crippen molar-refractivity contribution in [2.45, 2.75) is 57.4 Å². The van der Waals surface area contributed by atoms with Crippen LogP contribution in [-0.4, -0.2) is 23.2 Å². The maximum Gasteiger partial charge on any atom is 0.232 e. The topological polar surface area (TPSA) is 51.0 Å². The van der Waals surface area contributed by atoms with E-state index in [9.17, 15) is 0 Å². The highest BCUT2D eigenvalue weighted by molar-refractivity contribution is 5.07. The fourth-order valence-electron chi connectivity index (χ4n) is 2.30. The number of likely N-dealkylation sites (N-methyl/N-ethyl adjacent to an activating group) is 1. The van der Waals surface area contributed by atoms with E-state index in [4.69, 9.17) is 4.52 Å². The third-order valence-electron chi connectivity index (χ3n) is 3.30. The zero-order valence-corrected chi connectivity index (χ0v) is 10.6. The molecule has 1 aliphatic carbocycles. The summed E-state index contributed by atoms with van der Waals surface area (Å²) in [4.78, 5) is 4.54. The highest BCUT2D eigenvalue weighted by atomic mass is 16.5. The van der Waals surface area contributed by atoms with Crippen molar-refractivity contribution < 1.29 is 4.52 Å². The van der Waals surface area contributed by atoms with E-state index in [0.717, 1.165) is 18.1 Å². The fraction of sp³-hybridized carbons (Fsp3) is 0.833. The van der Waals surface area contributed by atoms with Crippen LogP contribution in [0.5, 0.6) is 0 Å². The molecule has 0 radical (unpaired) electrons. The average molecular weight is 223 g/mol. The van der Waals surface area contributed by atoms with Crippen LogP contribution in [0, 0.1) is 0 Å². The molecule has 1 aliphatic rings. The van der Waals surface area contributed by atoms with Crippen LogP contribution in [0.25, 0.3) is 0 Å². The predicted molar refractivity (Wildman–Crippen MR) is 62.4 cm³/mol. The van der Waals surface area contributed by atoms with Gasteiger partial charge in [-0.1, -0.05) is 32.3 Å². The maximum atomic E-state index is 5.35. The summed E-state index contributed by atoms with van der Waals surface area (Å²) in [5.41, 5.74) is -0.0566. The summed E-state index contributed by atoms with van der Waals surface area (Å²) in [6.45, 7) is 6.28. The van der Waals surface area contributed by atoms with Gasteiger partial charge in [0.2, 0.25) is 5.89 Å². The molecule has 0 aromatic carbocycles. The molecule has 0 aliphatic heterocycles. The van der Waals surface area contributed by atoms with Crippen LogP contribution in [0.3, 0.4) is 0 Å².